The fraction of sp³-hybridized carbons (Fsp3) is 0.286. The molecule has 8 heteroatoms. The predicted octanol–water partition coefficient (Wildman–Crippen LogP) is 3.92. The van der Waals surface area contributed by atoms with Crippen LogP contribution in [0.15, 0.2) is 46.8 Å². The summed E-state index contributed by atoms with van der Waals surface area (Å²) >= 11 is 2.87. The van der Waals surface area contributed by atoms with Crippen molar-refractivity contribution in [1.82, 2.24) is 4.98 Å². The van der Waals surface area contributed by atoms with Crippen LogP contribution in [-0.2, 0) is 20.7 Å². The third kappa shape index (κ3) is 4.54. The summed E-state index contributed by atoms with van der Waals surface area (Å²) in [5, 5.41) is 0. The molecule has 0 unspecified atom stereocenters. The molecule has 0 saturated carbocycles. The van der Waals surface area contributed by atoms with E-state index >= 15 is 0 Å². The third-order valence-electron chi connectivity index (χ3n) is 4.65. The van der Waals surface area contributed by atoms with Gasteiger partial charge in [0, 0.05) is 12.2 Å². The topological polar surface area (TPSA) is 68.7 Å². The van der Waals surface area contributed by atoms with E-state index in [-0.39, 0.29) is 18.3 Å². The lowest BCUT2D eigenvalue weighted by atomic mass is 10.0. The molecule has 1 aliphatic heterocycles. The number of anilines is 1. The standard InChI is InChI=1S/C21H20N2O4S2/c1-26-15-8-9-17-14(11-15)5-4-10-23(17)19(24)12-27-20(25)13-28-21-22-16-6-2-3-7-18(16)29-21/h2-3,6-9,11H,4-5,10,12-13H2,1H3. The lowest BCUT2D eigenvalue weighted by molar-refractivity contribution is -0.145. The number of aromatic nitrogens is 1. The second-order valence-electron chi connectivity index (χ2n) is 6.54. The van der Waals surface area contributed by atoms with Gasteiger partial charge in [0.05, 0.1) is 23.1 Å². The van der Waals surface area contributed by atoms with E-state index in [1.165, 1.54) is 11.8 Å². The fourth-order valence-corrected chi connectivity index (χ4v) is 5.12. The number of carbonyl (C=O) groups is 2. The number of fused-ring (bicyclic) bond motifs is 2. The van der Waals surface area contributed by atoms with E-state index in [0.29, 0.717) is 6.54 Å². The molecule has 1 amide bonds. The van der Waals surface area contributed by atoms with Crippen LogP contribution in [0.2, 0.25) is 0 Å². The van der Waals surface area contributed by atoms with Crippen molar-refractivity contribution in [2.45, 2.75) is 17.2 Å². The lowest BCUT2D eigenvalue weighted by Crippen LogP contribution is -2.38. The van der Waals surface area contributed by atoms with Gasteiger partial charge in [0.1, 0.15) is 5.75 Å². The van der Waals surface area contributed by atoms with Crippen LogP contribution in [0.4, 0.5) is 5.69 Å². The zero-order valence-electron chi connectivity index (χ0n) is 15.9. The number of thioether (sulfide) groups is 1. The number of hydrogen-bond donors (Lipinski definition) is 0. The maximum absolute atomic E-state index is 12.6. The highest BCUT2D eigenvalue weighted by Gasteiger charge is 2.24. The summed E-state index contributed by atoms with van der Waals surface area (Å²) in [6, 6.07) is 13.5. The molecule has 150 valence electrons. The maximum atomic E-state index is 12.6. The number of ether oxygens (including phenoxy) is 2. The largest absolute Gasteiger partial charge is 0.497 e. The van der Waals surface area contributed by atoms with Crippen molar-refractivity contribution in [3.63, 3.8) is 0 Å². The molecule has 1 aromatic heterocycles. The zero-order chi connectivity index (χ0) is 20.2. The molecule has 0 fully saturated rings. The van der Waals surface area contributed by atoms with Crippen LogP contribution < -0.4 is 9.64 Å². The number of aryl methyl sites for hydroxylation is 1. The van der Waals surface area contributed by atoms with Gasteiger partial charge in [-0.1, -0.05) is 23.9 Å². The van der Waals surface area contributed by atoms with Crippen LogP contribution in [-0.4, -0.2) is 42.9 Å². The molecule has 4 rings (SSSR count). The Bertz CT molecular complexity index is 1020. The molecule has 2 aromatic carbocycles. The molecule has 0 atom stereocenters. The molecule has 2 heterocycles. The first kappa shape index (κ1) is 19.7. The molecule has 0 aliphatic carbocycles. The Morgan fingerprint density at radius 1 is 1.24 bits per heavy atom. The molecule has 0 radical (unpaired) electrons. The SMILES string of the molecule is COc1ccc2c(c1)CCCN2C(=O)COC(=O)CSc1nc2ccccc2s1. The summed E-state index contributed by atoms with van der Waals surface area (Å²) in [7, 11) is 1.62. The van der Waals surface area contributed by atoms with E-state index in [1.54, 1.807) is 23.3 Å². The van der Waals surface area contributed by atoms with Crippen molar-refractivity contribution in [3.8, 4) is 5.75 Å². The molecule has 3 aromatic rings. The van der Waals surface area contributed by atoms with Crippen LogP contribution in [0.25, 0.3) is 10.2 Å². The van der Waals surface area contributed by atoms with Gasteiger partial charge in [0.25, 0.3) is 5.91 Å². The Balaban J connectivity index is 1.31. The predicted molar refractivity (Wildman–Crippen MR) is 115 cm³/mol. The van der Waals surface area contributed by atoms with E-state index in [2.05, 4.69) is 4.98 Å². The number of nitrogens with zero attached hydrogens (tertiary/aromatic N) is 2. The normalized spacial score (nSPS) is 13.2. The molecular formula is C21H20N2O4S2. The number of benzene rings is 2. The molecule has 6 nitrogen and oxygen atoms in total. The Morgan fingerprint density at radius 2 is 2.10 bits per heavy atom. The minimum Gasteiger partial charge on any atom is -0.497 e. The molecule has 0 spiro atoms. The van der Waals surface area contributed by atoms with Gasteiger partial charge in [-0.3, -0.25) is 9.59 Å². The van der Waals surface area contributed by atoms with Gasteiger partial charge in [-0.25, -0.2) is 4.98 Å². The van der Waals surface area contributed by atoms with Gasteiger partial charge in [-0.15, -0.1) is 11.3 Å². The molecule has 0 N–H and O–H groups in total. The Morgan fingerprint density at radius 3 is 2.93 bits per heavy atom. The van der Waals surface area contributed by atoms with Crippen LogP contribution in [0.5, 0.6) is 5.75 Å². The lowest BCUT2D eigenvalue weighted by Gasteiger charge is -2.29. The summed E-state index contributed by atoms with van der Waals surface area (Å²) in [6.07, 6.45) is 1.77. The van der Waals surface area contributed by atoms with E-state index < -0.39 is 5.97 Å². The van der Waals surface area contributed by atoms with E-state index in [1.807, 2.05) is 42.5 Å². The average Bonchev–Trinajstić information content (AvgIpc) is 3.18. The van der Waals surface area contributed by atoms with Crippen LogP contribution in [0.1, 0.15) is 12.0 Å². The number of methoxy groups -OCH3 is 1. The van der Waals surface area contributed by atoms with Crippen LogP contribution >= 0.6 is 23.1 Å². The third-order valence-corrected chi connectivity index (χ3v) is 6.80. The highest BCUT2D eigenvalue weighted by atomic mass is 32.2. The average molecular weight is 429 g/mol. The molecule has 29 heavy (non-hydrogen) atoms. The van der Waals surface area contributed by atoms with E-state index in [4.69, 9.17) is 9.47 Å². The van der Waals surface area contributed by atoms with Gasteiger partial charge in [-0.2, -0.15) is 0 Å². The van der Waals surface area contributed by atoms with Gasteiger partial charge in [-0.05, 0) is 48.7 Å². The first-order valence-electron chi connectivity index (χ1n) is 9.25. The quantitative estimate of drug-likeness (QED) is 0.438. The van der Waals surface area contributed by atoms with E-state index in [9.17, 15) is 9.59 Å². The van der Waals surface area contributed by atoms with Gasteiger partial charge in [0.2, 0.25) is 0 Å². The fourth-order valence-electron chi connectivity index (χ4n) is 3.25. The minimum atomic E-state index is -0.422. The highest BCUT2D eigenvalue weighted by Crippen LogP contribution is 2.31. The second kappa shape index (κ2) is 8.84. The first-order valence-corrected chi connectivity index (χ1v) is 11.1. The summed E-state index contributed by atoms with van der Waals surface area (Å²) in [4.78, 5) is 30.9. The van der Waals surface area contributed by atoms with Gasteiger partial charge >= 0.3 is 5.97 Å². The molecular weight excluding hydrogens is 408 g/mol. The minimum absolute atomic E-state index is 0.126. The maximum Gasteiger partial charge on any atom is 0.316 e. The summed E-state index contributed by atoms with van der Waals surface area (Å²) in [5.41, 5.74) is 2.85. The second-order valence-corrected chi connectivity index (χ2v) is 8.79. The van der Waals surface area contributed by atoms with Crippen LogP contribution in [0.3, 0.4) is 0 Å². The van der Waals surface area contributed by atoms with Crippen molar-refractivity contribution in [3.05, 3.63) is 48.0 Å². The Hall–Kier alpha value is -2.58. The van der Waals surface area contributed by atoms with Crippen molar-refractivity contribution in [1.29, 1.82) is 0 Å². The monoisotopic (exact) mass is 428 g/mol. The number of amides is 1. The number of hydrogen-bond acceptors (Lipinski definition) is 7. The smallest absolute Gasteiger partial charge is 0.316 e. The number of thiazole rings is 1. The van der Waals surface area contributed by atoms with Gasteiger partial charge < -0.3 is 14.4 Å². The van der Waals surface area contributed by atoms with E-state index in [0.717, 1.165) is 44.4 Å². The Labute approximate surface area is 176 Å². The summed E-state index contributed by atoms with van der Waals surface area (Å²) in [6.45, 7) is 0.362. The van der Waals surface area contributed by atoms with Gasteiger partial charge in [0.15, 0.2) is 10.9 Å². The molecule has 0 saturated heterocycles. The number of esters is 1. The summed E-state index contributed by atoms with van der Waals surface area (Å²) in [5.74, 6) is 0.265. The highest BCUT2D eigenvalue weighted by molar-refractivity contribution is 8.01. The number of para-hydroxylation sites is 1. The molecule has 1 aliphatic rings. The number of rotatable bonds is 6. The Kier molecular flexibility index (Phi) is 6.01. The van der Waals surface area contributed by atoms with Crippen molar-refractivity contribution >= 4 is 50.9 Å². The number of carbonyl (C=O) groups excluding carboxylic acids is 2. The summed E-state index contributed by atoms with van der Waals surface area (Å²) < 4.78 is 12.4. The van der Waals surface area contributed by atoms with Crippen molar-refractivity contribution < 1.29 is 19.1 Å². The van der Waals surface area contributed by atoms with Crippen molar-refractivity contribution in [2.24, 2.45) is 0 Å². The zero-order valence-corrected chi connectivity index (χ0v) is 17.6. The van der Waals surface area contributed by atoms with Crippen LogP contribution in [0, 0.1) is 0 Å². The first-order chi connectivity index (χ1) is 14.1. The molecule has 0 bridgehead atoms. The van der Waals surface area contributed by atoms with Crippen molar-refractivity contribution in [2.75, 3.05) is 30.9 Å².